The van der Waals surface area contributed by atoms with E-state index in [4.69, 9.17) is 11.6 Å². The Hall–Kier alpha value is -1.18. The number of hydrogen-bond donors (Lipinski definition) is 0. The smallest absolute Gasteiger partial charge is 0.216 e. The maximum atomic E-state index is 6.12. The van der Waals surface area contributed by atoms with Crippen molar-refractivity contribution in [3.8, 4) is 0 Å². The Morgan fingerprint density at radius 1 is 1.37 bits per heavy atom. The van der Waals surface area contributed by atoms with Gasteiger partial charge in [0.15, 0.2) is 4.34 Å². The van der Waals surface area contributed by atoms with Crippen molar-refractivity contribution in [1.29, 1.82) is 0 Å². The molecule has 1 aromatic carbocycles. The minimum Gasteiger partial charge on any atom is -0.228 e. The van der Waals surface area contributed by atoms with Crippen LogP contribution in [0.2, 0.25) is 5.02 Å². The van der Waals surface area contributed by atoms with Crippen LogP contribution in [0.4, 0.5) is 0 Å². The molecule has 2 heterocycles. The van der Waals surface area contributed by atoms with Gasteiger partial charge in [-0.3, -0.25) is 0 Å². The number of halogens is 1. The van der Waals surface area contributed by atoms with Gasteiger partial charge in [-0.25, -0.2) is 9.67 Å². The van der Waals surface area contributed by atoms with Crippen LogP contribution < -0.4 is 0 Å². The number of rotatable bonds is 3. The van der Waals surface area contributed by atoms with Crippen LogP contribution in [0.1, 0.15) is 19.9 Å². The van der Waals surface area contributed by atoms with Gasteiger partial charge in [0, 0.05) is 0 Å². The molecule has 8 heteroatoms. The Morgan fingerprint density at radius 2 is 2.21 bits per heavy atom. The van der Waals surface area contributed by atoms with E-state index < -0.39 is 0 Å². The third-order valence-corrected chi connectivity index (χ3v) is 4.82. The highest BCUT2D eigenvalue weighted by Gasteiger charge is 2.14. The number of tetrazole rings is 1. The molecule has 19 heavy (non-hydrogen) atoms. The topological polar surface area (TPSA) is 56.5 Å². The summed E-state index contributed by atoms with van der Waals surface area (Å²) >= 11 is 9.17. The molecule has 3 aromatic rings. The molecule has 0 aliphatic rings. The van der Waals surface area contributed by atoms with E-state index in [9.17, 15) is 0 Å². The van der Waals surface area contributed by atoms with Crippen molar-refractivity contribution >= 4 is 44.9 Å². The quantitative estimate of drug-likeness (QED) is 0.738. The fourth-order valence-corrected chi connectivity index (χ4v) is 3.96. The second kappa shape index (κ2) is 5.07. The summed E-state index contributed by atoms with van der Waals surface area (Å²) in [5.41, 5.74) is 0.834. The molecule has 3 rings (SSSR count). The van der Waals surface area contributed by atoms with Crippen LogP contribution >= 0.6 is 34.7 Å². The van der Waals surface area contributed by atoms with Gasteiger partial charge in [-0.2, -0.15) is 0 Å². The van der Waals surface area contributed by atoms with E-state index in [0.717, 1.165) is 19.7 Å². The van der Waals surface area contributed by atoms with Crippen molar-refractivity contribution in [1.82, 2.24) is 25.2 Å². The van der Waals surface area contributed by atoms with Crippen molar-refractivity contribution in [3.05, 3.63) is 23.2 Å². The molecule has 0 fully saturated rings. The van der Waals surface area contributed by atoms with Crippen LogP contribution in [0.5, 0.6) is 0 Å². The van der Waals surface area contributed by atoms with Crippen molar-refractivity contribution < 1.29 is 0 Å². The maximum Gasteiger partial charge on any atom is 0.216 e. The zero-order valence-corrected chi connectivity index (χ0v) is 12.6. The van der Waals surface area contributed by atoms with Crippen LogP contribution in [-0.2, 0) is 0 Å². The Bertz CT molecular complexity index is 721. The summed E-state index contributed by atoms with van der Waals surface area (Å²) in [6.07, 6.45) is 0. The zero-order chi connectivity index (χ0) is 13.4. The molecule has 0 unspecified atom stereocenters. The molecule has 0 radical (unpaired) electrons. The first-order valence-electron chi connectivity index (χ1n) is 5.66. The molecule has 0 aliphatic carbocycles. The highest BCUT2D eigenvalue weighted by molar-refractivity contribution is 8.01. The summed E-state index contributed by atoms with van der Waals surface area (Å²) in [5.74, 6) is 0. The van der Waals surface area contributed by atoms with Gasteiger partial charge in [0.05, 0.1) is 15.8 Å². The Morgan fingerprint density at radius 3 is 2.95 bits per heavy atom. The molecule has 0 aliphatic heterocycles. The van der Waals surface area contributed by atoms with Gasteiger partial charge in [0.1, 0.15) is 5.52 Å². The summed E-state index contributed by atoms with van der Waals surface area (Å²) in [7, 11) is 0. The fourth-order valence-electron chi connectivity index (χ4n) is 1.59. The first-order valence-corrected chi connectivity index (χ1v) is 7.67. The number of benzene rings is 1. The fraction of sp³-hybridized carbons (Fsp3) is 0.273. The lowest BCUT2D eigenvalue weighted by molar-refractivity contribution is 0.477. The number of nitrogens with zero attached hydrogens (tertiary/aromatic N) is 5. The number of thiazole rings is 1. The third-order valence-electron chi connectivity index (χ3n) is 2.48. The van der Waals surface area contributed by atoms with Gasteiger partial charge in [0.25, 0.3) is 0 Å². The summed E-state index contributed by atoms with van der Waals surface area (Å²) in [4.78, 5) is 4.53. The number of aromatic nitrogens is 5. The van der Waals surface area contributed by atoms with E-state index in [0.29, 0.717) is 5.02 Å². The molecular weight excluding hydrogens is 302 g/mol. The van der Waals surface area contributed by atoms with E-state index in [1.165, 1.54) is 11.8 Å². The van der Waals surface area contributed by atoms with Gasteiger partial charge in [-0.15, -0.1) is 16.4 Å². The van der Waals surface area contributed by atoms with E-state index in [2.05, 4.69) is 20.5 Å². The molecule has 5 nitrogen and oxygen atoms in total. The summed E-state index contributed by atoms with van der Waals surface area (Å²) < 4.78 is 3.73. The van der Waals surface area contributed by atoms with Crippen molar-refractivity contribution in [2.45, 2.75) is 29.4 Å². The first kappa shape index (κ1) is 12.8. The van der Waals surface area contributed by atoms with Crippen molar-refractivity contribution in [2.75, 3.05) is 0 Å². The normalized spacial score (nSPS) is 11.6. The first-order chi connectivity index (χ1) is 9.15. The predicted octanol–water partition coefficient (Wildman–Crippen LogP) is 3.67. The van der Waals surface area contributed by atoms with Crippen LogP contribution in [0, 0.1) is 0 Å². The molecule has 98 valence electrons. The standard InChI is InChI=1S/C11H10ClN5S2/c1-6(2)17-10(14-15-16-17)19-11-13-9-7(12)4-3-5-8(9)18-11/h3-6H,1-2H3. The van der Waals surface area contributed by atoms with Gasteiger partial charge < -0.3 is 0 Å². The molecule has 0 atom stereocenters. The van der Waals surface area contributed by atoms with Crippen LogP contribution in [0.25, 0.3) is 10.2 Å². The molecule has 2 aromatic heterocycles. The molecule has 0 amide bonds. The van der Waals surface area contributed by atoms with Gasteiger partial charge in [-0.05, 0) is 48.2 Å². The number of para-hydroxylation sites is 1. The Balaban J connectivity index is 1.97. The SMILES string of the molecule is CC(C)n1nnnc1Sc1nc2c(Cl)cccc2s1. The van der Waals surface area contributed by atoms with Crippen LogP contribution in [0.3, 0.4) is 0 Å². The van der Waals surface area contributed by atoms with E-state index in [-0.39, 0.29) is 6.04 Å². The van der Waals surface area contributed by atoms with Crippen molar-refractivity contribution in [2.24, 2.45) is 0 Å². The zero-order valence-electron chi connectivity index (χ0n) is 10.2. The average molecular weight is 312 g/mol. The molecule has 0 spiro atoms. The minimum absolute atomic E-state index is 0.218. The van der Waals surface area contributed by atoms with E-state index in [1.807, 2.05) is 32.0 Å². The van der Waals surface area contributed by atoms with E-state index >= 15 is 0 Å². The molecule has 0 bridgehead atoms. The predicted molar refractivity (Wildman–Crippen MR) is 77.0 cm³/mol. The van der Waals surface area contributed by atoms with Crippen LogP contribution in [0.15, 0.2) is 27.7 Å². The van der Waals surface area contributed by atoms with Crippen molar-refractivity contribution in [3.63, 3.8) is 0 Å². The van der Waals surface area contributed by atoms with Gasteiger partial charge in [0.2, 0.25) is 5.16 Å². The van der Waals surface area contributed by atoms with E-state index in [1.54, 1.807) is 16.0 Å². The maximum absolute atomic E-state index is 6.12. The molecule has 0 saturated heterocycles. The second-order valence-electron chi connectivity index (χ2n) is 4.17. The summed E-state index contributed by atoms with van der Waals surface area (Å²) in [6.45, 7) is 4.07. The summed E-state index contributed by atoms with van der Waals surface area (Å²) in [6, 6.07) is 6.00. The lowest BCUT2D eigenvalue weighted by Crippen LogP contribution is -2.04. The number of hydrogen-bond acceptors (Lipinski definition) is 6. The summed E-state index contributed by atoms with van der Waals surface area (Å²) in [5, 5.41) is 13.1. The lowest BCUT2D eigenvalue weighted by Gasteiger charge is -2.04. The average Bonchev–Trinajstić information content (AvgIpc) is 2.96. The third kappa shape index (κ3) is 2.45. The minimum atomic E-state index is 0.218. The van der Waals surface area contributed by atoms with Gasteiger partial charge >= 0.3 is 0 Å². The lowest BCUT2D eigenvalue weighted by atomic mass is 10.3. The Kier molecular flexibility index (Phi) is 3.42. The number of fused-ring (bicyclic) bond motifs is 1. The molecule has 0 saturated carbocycles. The Labute approximate surface area is 123 Å². The van der Waals surface area contributed by atoms with Crippen LogP contribution in [-0.4, -0.2) is 25.2 Å². The second-order valence-corrected chi connectivity index (χ2v) is 6.82. The largest absolute Gasteiger partial charge is 0.228 e. The molecule has 0 N–H and O–H groups in total. The monoisotopic (exact) mass is 311 g/mol. The highest BCUT2D eigenvalue weighted by atomic mass is 35.5. The molecular formula is C11H10ClN5S2. The van der Waals surface area contributed by atoms with Gasteiger partial charge in [-0.1, -0.05) is 17.7 Å². The highest BCUT2D eigenvalue weighted by Crippen LogP contribution is 2.35.